The Bertz CT molecular complexity index is 2320. The van der Waals surface area contributed by atoms with Crippen molar-refractivity contribution in [2.75, 3.05) is 39.3 Å². The molecule has 1 fully saturated rings. The highest BCUT2D eigenvalue weighted by Gasteiger charge is 2.37. The van der Waals surface area contributed by atoms with Crippen LogP contribution in [0.25, 0.3) is 0 Å². The van der Waals surface area contributed by atoms with Gasteiger partial charge in [-0.3, -0.25) is 52.7 Å². The summed E-state index contributed by atoms with van der Waals surface area (Å²) in [5.74, 6) is -9.45. The first kappa shape index (κ1) is 74.2. The Kier molecular flexibility index (Phi) is 34.6. The molecule has 1 heterocycles. The zero-order valence-corrected chi connectivity index (χ0v) is 50.2. The van der Waals surface area contributed by atoms with E-state index in [2.05, 4.69) is 72.3 Å². The van der Waals surface area contributed by atoms with Gasteiger partial charge in [-0.15, -0.1) is 0 Å². The predicted octanol–water partition coefficient (Wildman–Crippen LogP) is -5.24. The third-order valence-electron chi connectivity index (χ3n) is 14.3. The van der Waals surface area contributed by atoms with Crippen LogP contribution in [0.2, 0.25) is 0 Å². The number of hydrogen-bond acceptors (Lipinski definition) is 18. The molecule has 29 nitrogen and oxygen atoms in total. The van der Waals surface area contributed by atoms with Gasteiger partial charge in [-0.25, -0.2) is 0 Å². The van der Waals surface area contributed by atoms with Gasteiger partial charge in [0, 0.05) is 19.4 Å². The van der Waals surface area contributed by atoms with Gasteiger partial charge in [0.15, 0.2) is 0 Å². The van der Waals surface area contributed by atoms with Gasteiger partial charge in [-0.05, 0) is 115 Å². The minimum absolute atomic E-state index is 0.0173. The summed E-state index contributed by atoms with van der Waals surface area (Å²) < 4.78 is 0. The predicted molar refractivity (Wildman–Crippen MR) is 316 cm³/mol. The molecule has 1 aliphatic heterocycles. The maximum absolute atomic E-state index is 14.5. The van der Waals surface area contributed by atoms with Crippen LogP contribution >= 0.6 is 0 Å². The second kappa shape index (κ2) is 39.7. The summed E-state index contributed by atoms with van der Waals surface area (Å²) in [5.41, 5.74) is 29.9. The van der Waals surface area contributed by atoms with E-state index in [1.165, 1.54) is 13.8 Å². The van der Waals surface area contributed by atoms with Crippen LogP contribution in [-0.4, -0.2) is 187 Å². The first-order valence-corrected chi connectivity index (χ1v) is 29.5. The van der Waals surface area contributed by atoms with Crippen LogP contribution in [0.1, 0.15) is 124 Å². The van der Waals surface area contributed by atoms with Crippen molar-refractivity contribution in [3.8, 4) is 0 Å². The highest BCUT2D eigenvalue weighted by atomic mass is 16.3. The van der Waals surface area contributed by atoms with Crippen molar-refractivity contribution in [3.05, 3.63) is 35.9 Å². The second-order valence-electron chi connectivity index (χ2n) is 22.0. The van der Waals surface area contributed by atoms with Crippen LogP contribution in [0.5, 0.6) is 0 Å². The van der Waals surface area contributed by atoms with Gasteiger partial charge in [0.2, 0.25) is 65.0 Å². The normalized spacial score (nSPS) is 22.9. The zero-order valence-electron chi connectivity index (χ0n) is 50.2. The maximum Gasteiger partial charge on any atom is 0.245 e. The SMILES string of the molecule is CC[C@H](C)CCCCC(=O)N[C@@H](CCN)C(=O)N[C@H](C(=O)N[C@@H](CCN)C(=O)N[C@H]1CCNC(=O)[C@H]([C@@H](C)O)NC(=O)C(CCN)NC(=O)[C@H](CCN)NC(=O)C(CC(C)C)NC(=O)C(Cc2ccccc2)NC(=O)C(CCN)NC1=O)[C@@H](C)O. The fourth-order valence-electron chi connectivity index (χ4n) is 9.12. The first-order chi connectivity index (χ1) is 40.3. The first-order valence-electron chi connectivity index (χ1n) is 29.5. The van der Waals surface area contributed by atoms with Crippen molar-refractivity contribution >= 4 is 65.0 Å². The van der Waals surface area contributed by atoms with Crippen LogP contribution in [0, 0.1) is 11.8 Å². The number of carbonyl (C=O) groups is 11. The minimum atomic E-state index is -1.70. The lowest BCUT2D eigenvalue weighted by atomic mass is 10.00. The minimum Gasteiger partial charge on any atom is -0.391 e. The summed E-state index contributed by atoms with van der Waals surface area (Å²) in [6.07, 6.45) is -1.05. The Morgan fingerprint density at radius 1 is 0.565 bits per heavy atom. The Balaban J connectivity index is 2.67. The number of carbonyl (C=O) groups excluding carboxylic acids is 11. The molecular weight excluding hydrogens is 1100 g/mol. The van der Waals surface area contributed by atoms with Gasteiger partial charge >= 0.3 is 0 Å². The topological polar surface area (TPSA) is 491 Å². The van der Waals surface area contributed by atoms with Crippen molar-refractivity contribution in [1.82, 2.24) is 58.5 Å². The molecule has 0 aliphatic carbocycles. The lowest BCUT2D eigenvalue weighted by molar-refractivity contribution is -0.137. The van der Waals surface area contributed by atoms with E-state index in [0.29, 0.717) is 17.9 Å². The van der Waals surface area contributed by atoms with Crippen molar-refractivity contribution in [3.63, 3.8) is 0 Å². The zero-order chi connectivity index (χ0) is 63.8. The van der Waals surface area contributed by atoms with Gasteiger partial charge in [0.05, 0.1) is 12.2 Å². The second-order valence-corrected chi connectivity index (χ2v) is 22.0. The van der Waals surface area contributed by atoms with Crippen molar-refractivity contribution < 1.29 is 63.0 Å². The molecule has 1 aromatic rings. The molecule has 0 saturated carbocycles. The largest absolute Gasteiger partial charge is 0.391 e. The number of amides is 11. The molecular formula is C56H98N16O13. The molecule has 13 atom stereocenters. The summed E-state index contributed by atoms with van der Waals surface area (Å²) in [7, 11) is 0. The van der Waals surface area contributed by atoms with Crippen molar-refractivity contribution in [2.45, 2.75) is 198 Å². The van der Waals surface area contributed by atoms with Crippen LogP contribution in [0.4, 0.5) is 0 Å². The quantitative estimate of drug-likeness (QED) is 0.0333. The smallest absolute Gasteiger partial charge is 0.245 e. The fourth-order valence-corrected chi connectivity index (χ4v) is 9.12. The Labute approximate surface area is 498 Å². The standard InChI is InChI=1S/C56H98N16O13/c1-7-32(4)13-11-12-16-44(75)63-36(17-23-57)51(80)72-46(34(6)74)56(85)68-39(20-26-60)48(77)67-41-22-28-62-55(84)45(33(5)73)71-52(81)40(21-27-61)65-47(76)37(18-24-58)66-53(82)42(29-31(2)3)69-54(83)43(30-35-14-9-8-10-15-35)70-49(78)38(19-25-59)64-50(41)79/h8-10,14-15,31-34,36-43,45-46,73-74H,7,11-13,16-30,57-61H2,1-6H3,(H,62,84)(H,63,75)(H,64,79)(H,65,76)(H,66,82)(H,67,77)(H,68,85)(H,69,83)(H,70,78)(H,71,81)(H,72,80)/t32-,33+,34+,36-,37-,38?,39-,40?,41-,42?,43?,45-,46-/m0/s1. The molecule has 4 unspecified atom stereocenters. The summed E-state index contributed by atoms with van der Waals surface area (Å²) >= 11 is 0. The molecule has 480 valence electrons. The average Bonchev–Trinajstić information content (AvgIpc) is 3.67. The number of aliphatic hydroxyl groups is 2. The van der Waals surface area contributed by atoms with Gasteiger partial charge < -0.3 is 97.4 Å². The fraction of sp³-hybridized carbons (Fsp3) is 0.696. The lowest BCUT2D eigenvalue weighted by Crippen LogP contribution is -2.62. The highest BCUT2D eigenvalue weighted by Crippen LogP contribution is 2.14. The summed E-state index contributed by atoms with van der Waals surface area (Å²) in [6, 6.07) is -6.23. The van der Waals surface area contributed by atoms with E-state index in [-0.39, 0.29) is 90.0 Å². The van der Waals surface area contributed by atoms with E-state index in [9.17, 15) is 63.0 Å². The lowest BCUT2D eigenvalue weighted by Gasteiger charge is -2.29. The van der Waals surface area contributed by atoms with Gasteiger partial charge in [0.1, 0.15) is 60.4 Å². The van der Waals surface area contributed by atoms with Gasteiger partial charge in [0.25, 0.3) is 0 Å². The van der Waals surface area contributed by atoms with Crippen LogP contribution < -0.4 is 87.2 Å². The molecule has 11 amide bonds. The van der Waals surface area contributed by atoms with E-state index in [4.69, 9.17) is 28.7 Å². The molecule has 1 aliphatic rings. The third kappa shape index (κ3) is 26.9. The number of aliphatic hydroxyl groups excluding tert-OH is 2. The van der Waals surface area contributed by atoms with Crippen molar-refractivity contribution in [1.29, 1.82) is 0 Å². The number of hydrogen-bond donors (Lipinski definition) is 18. The Morgan fingerprint density at radius 3 is 1.56 bits per heavy atom. The van der Waals surface area contributed by atoms with E-state index in [1.807, 2.05) is 0 Å². The monoisotopic (exact) mass is 1200 g/mol. The molecule has 0 radical (unpaired) electrons. The maximum atomic E-state index is 14.5. The molecule has 0 spiro atoms. The highest BCUT2D eigenvalue weighted by molar-refractivity contribution is 5.99. The van der Waals surface area contributed by atoms with Gasteiger partial charge in [-0.2, -0.15) is 0 Å². The number of nitrogens with one attached hydrogen (secondary N) is 11. The number of benzene rings is 1. The van der Waals surface area contributed by atoms with E-state index in [1.54, 1.807) is 44.2 Å². The number of nitrogens with two attached hydrogens (primary N) is 5. The molecule has 2 rings (SSSR count). The van der Waals surface area contributed by atoms with Crippen LogP contribution in [0.15, 0.2) is 30.3 Å². The molecule has 1 saturated heterocycles. The summed E-state index contributed by atoms with van der Waals surface area (Å²) in [6.45, 7) is 9.00. The number of rotatable bonds is 29. The molecule has 23 N–H and O–H groups in total. The van der Waals surface area contributed by atoms with E-state index >= 15 is 0 Å². The average molecular weight is 1200 g/mol. The molecule has 85 heavy (non-hydrogen) atoms. The molecule has 0 aromatic heterocycles. The third-order valence-corrected chi connectivity index (χ3v) is 14.3. The van der Waals surface area contributed by atoms with Gasteiger partial charge in [-0.1, -0.05) is 77.3 Å². The number of unbranched alkanes of at least 4 members (excludes halogenated alkanes) is 1. The molecule has 1 aromatic carbocycles. The summed E-state index contributed by atoms with van der Waals surface area (Å²) in [4.78, 5) is 154. The molecule has 0 bridgehead atoms. The molecule has 29 heteroatoms. The summed E-state index contributed by atoms with van der Waals surface area (Å²) in [5, 5.41) is 49.7. The van der Waals surface area contributed by atoms with E-state index < -0.39 is 151 Å². The Morgan fingerprint density at radius 2 is 1.06 bits per heavy atom. The Hall–Kier alpha value is -6.89. The van der Waals surface area contributed by atoms with Crippen LogP contribution in [0.3, 0.4) is 0 Å². The van der Waals surface area contributed by atoms with Crippen molar-refractivity contribution in [2.24, 2.45) is 40.5 Å². The van der Waals surface area contributed by atoms with Crippen LogP contribution in [-0.2, 0) is 59.2 Å². The van der Waals surface area contributed by atoms with E-state index in [0.717, 1.165) is 19.3 Å².